The molecule has 0 atom stereocenters. The molecular formula is C14H17FN4. The van der Waals surface area contributed by atoms with E-state index in [0.29, 0.717) is 5.69 Å². The summed E-state index contributed by atoms with van der Waals surface area (Å²) in [5.41, 5.74) is 2.67. The molecule has 1 N–H and O–H groups in total. The van der Waals surface area contributed by atoms with Crippen molar-refractivity contribution < 1.29 is 4.39 Å². The maximum Gasteiger partial charge on any atom is 0.146 e. The Morgan fingerprint density at radius 3 is 2.68 bits per heavy atom. The summed E-state index contributed by atoms with van der Waals surface area (Å²) in [4.78, 5) is 2.09. The first-order valence-electron chi connectivity index (χ1n) is 6.49. The Balaban J connectivity index is 1.98. The number of hydrogen-bond donors (Lipinski definition) is 1. The van der Waals surface area contributed by atoms with Crippen LogP contribution in [0.5, 0.6) is 0 Å². The summed E-state index contributed by atoms with van der Waals surface area (Å²) in [7, 11) is 1.89. The number of benzene rings is 1. The summed E-state index contributed by atoms with van der Waals surface area (Å²) in [5, 5.41) is 7.43. The molecule has 1 aromatic heterocycles. The van der Waals surface area contributed by atoms with Crippen molar-refractivity contribution in [3.8, 4) is 11.3 Å². The second-order valence-electron chi connectivity index (χ2n) is 4.74. The lowest BCUT2D eigenvalue weighted by Crippen LogP contribution is -2.43. The lowest BCUT2D eigenvalue weighted by molar-refractivity contribution is 0.566. The van der Waals surface area contributed by atoms with E-state index in [1.54, 1.807) is 23.0 Å². The second kappa shape index (κ2) is 5.01. The van der Waals surface area contributed by atoms with Crippen LogP contribution >= 0.6 is 0 Å². The molecule has 100 valence electrons. The van der Waals surface area contributed by atoms with Gasteiger partial charge in [-0.15, -0.1) is 0 Å². The summed E-state index contributed by atoms with van der Waals surface area (Å²) in [5.74, 6) is -0.159. The topological polar surface area (TPSA) is 33.1 Å². The molecule has 1 saturated heterocycles. The highest BCUT2D eigenvalue weighted by Gasteiger charge is 2.16. The van der Waals surface area contributed by atoms with Crippen LogP contribution in [0.15, 0.2) is 30.5 Å². The number of nitrogens with zero attached hydrogens (tertiary/aromatic N) is 3. The number of hydrogen-bond acceptors (Lipinski definition) is 3. The summed E-state index contributed by atoms with van der Waals surface area (Å²) < 4.78 is 15.8. The van der Waals surface area contributed by atoms with E-state index in [0.717, 1.165) is 37.4 Å². The molecule has 1 aromatic carbocycles. The summed E-state index contributed by atoms with van der Waals surface area (Å²) >= 11 is 0. The molecule has 0 bridgehead atoms. The van der Waals surface area contributed by atoms with Crippen molar-refractivity contribution in [2.24, 2.45) is 7.05 Å². The Morgan fingerprint density at radius 1 is 1.21 bits per heavy atom. The van der Waals surface area contributed by atoms with E-state index in [1.165, 1.54) is 0 Å². The largest absolute Gasteiger partial charge is 0.367 e. The van der Waals surface area contributed by atoms with Crippen LogP contribution in [0.4, 0.5) is 10.1 Å². The number of halogens is 1. The van der Waals surface area contributed by atoms with Gasteiger partial charge in [-0.05, 0) is 24.3 Å². The third-order valence-electron chi connectivity index (χ3n) is 3.52. The lowest BCUT2D eigenvalue weighted by Gasteiger charge is -2.30. The van der Waals surface area contributed by atoms with Gasteiger partial charge in [-0.1, -0.05) is 0 Å². The van der Waals surface area contributed by atoms with E-state index in [9.17, 15) is 4.39 Å². The number of aromatic nitrogens is 2. The minimum absolute atomic E-state index is 0.159. The molecule has 0 aliphatic carbocycles. The number of anilines is 1. The molecule has 1 aliphatic rings. The average molecular weight is 260 g/mol. The van der Waals surface area contributed by atoms with Crippen LogP contribution in [-0.2, 0) is 7.05 Å². The van der Waals surface area contributed by atoms with Gasteiger partial charge in [0.2, 0.25) is 0 Å². The molecule has 0 spiro atoms. The minimum atomic E-state index is -0.159. The molecule has 1 aliphatic heterocycles. The lowest BCUT2D eigenvalue weighted by atomic mass is 10.1. The normalized spacial score (nSPS) is 15.8. The van der Waals surface area contributed by atoms with E-state index in [2.05, 4.69) is 15.3 Å². The Bertz CT molecular complexity index is 573. The molecular weight excluding hydrogens is 243 g/mol. The minimum Gasteiger partial charge on any atom is -0.367 e. The van der Waals surface area contributed by atoms with E-state index in [-0.39, 0.29) is 5.82 Å². The zero-order valence-electron chi connectivity index (χ0n) is 10.9. The number of rotatable bonds is 2. The predicted molar refractivity (Wildman–Crippen MR) is 73.7 cm³/mol. The summed E-state index contributed by atoms with van der Waals surface area (Å²) in [6.07, 6.45) is 1.75. The van der Waals surface area contributed by atoms with Crippen LogP contribution in [0.1, 0.15) is 0 Å². The van der Waals surface area contributed by atoms with Crippen LogP contribution in [0.2, 0.25) is 0 Å². The molecule has 0 radical (unpaired) electrons. The first kappa shape index (κ1) is 12.2. The Morgan fingerprint density at radius 2 is 2.00 bits per heavy atom. The molecule has 2 heterocycles. The van der Waals surface area contributed by atoms with Gasteiger partial charge in [0.15, 0.2) is 0 Å². The summed E-state index contributed by atoms with van der Waals surface area (Å²) in [6.45, 7) is 3.47. The van der Waals surface area contributed by atoms with Gasteiger partial charge in [-0.3, -0.25) is 4.68 Å². The van der Waals surface area contributed by atoms with Gasteiger partial charge in [0, 0.05) is 45.0 Å². The number of piperazine rings is 1. The number of aryl methyl sites for hydroxylation is 1. The third-order valence-corrected chi connectivity index (χ3v) is 3.52. The van der Waals surface area contributed by atoms with Gasteiger partial charge < -0.3 is 10.2 Å². The van der Waals surface area contributed by atoms with Crippen molar-refractivity contribution in [1.29, 1.82) is 0 Å². The molecule has 0 unspecified atom stereocenters. The van der Waals surface area contributed by atoms with Crippen LogP contribution in [0.25, 0.3) is 11.3 Å². The zero-order valence-corrected chi connectivity index (χ0v) is 10.9. The highest BCUT2D eigenvalue weighted by molar-refractivity contribution is 5.66. The first-order valence-corrected chi connectivity index (χ1v) is 6.49. The van der Waals surface area contributed by atoms with E-state index < -0.39 is 0 Å². The summed E-state index contributed by atoms with van der Waals surface area (Å²) in [6, 6.07) is 7.20. The van der Waals surface area contributed by atoms with Gasteiger partial charge >= 0.3 is 0 Å². The van der Waals surface area contributed by atoms with Crippen molar-refractivity contribution in [3.63, 3.8) is 0 Å². The Kier molecular flexibility index (Phi) is 3.21. The van der Waals surface area contributed by atoms with E-state index in [1.807, 2.05) is 19.2 Å². The van der Waals surface area contributed by atoms with Gasteiger partial charge in [0.05, 0.1) is 11.4 Å². The fourth-order valence-electron chi connectivity index (χ4n) is 2.48. The molecule has 2 aromatic rings. The van der Waals surface area contributed by atoms with Crippen LogP contribution in [-0.4, -0.2) is 36.0 Å². The molecule has 1 fully saturated rings. The van der Waals surface area contributed by atoms with Crippen molar-refractivity contribution in [1.82, 2.24) is 15.1 Å². The third kappa shape index (κ3) is 2.33. The predicted octanol–water partition coefficient (Wildman–Crippen LogP) is 1.64. The molecule has 3 rings (SSSR count). The van der Waals surface area contributed by atoms with Crippen molar-refractivity contribution >= 4 is 5.69 Å². The first-order chi connectivity index (χ1) is 9.25. The monoisotopic (exact) mass is 260 g/mol. The van der Waals surface area contributed by atoms with Crippen LogP contribution in [0, 0.1) is 5.82 Å². The fourth-order valence-corrected chi connectivity index (χ4v) is 2.48. The molecule has 0 amide bonds. The maximum atomic E-state index is 14.0. The number of nitrogens with one attached hydrogen (secondary N) is 1. The molecule has 5 heteroatoms. The van der Waals surface area contributed by atoms with Gasteiger partial charge in [0.1, 0.15) is 5.82 Å². The standard InChI is InChI=1S/C14H17FN4/c1-18-13(4-5-17-18)11-2-3-12(15)14(10-11)19-8-6-16-7-9-19/h2-5,10,16H,6-9H2,1H3. The van der Waals surface area contributed by atoms with Crippen molar-refractivity contribution in [3.05, 3.63) is 36.3 Å². The Labute approximate surface area is 111 Å². The van der Waals surface area contributed by atoms with E-state index in [4.69, 9.17) is 0 Å². The highest BCUT2D eigenvalue weighted by Crippen LogP contribution is 2.27. The molecule has 4 nitrogen and oxygen atoms in total. The second-order valence-corrected chi connectivity index (χ2v) is 4.74. The fraction of sp³-hybridized carbons (Fsp3) is 0.357. The van der Waals surface area contributed by atoms with Gasteiger partial charge in [-0.25, -0.2) is 4.39 Å². The smallest absolute Gasteiger partial charge is 0.146 e. The van der Waals surface area contributed by atoms with Crippen molar-refractivity contribution in [2.75, 3.05) is 31.1 Å². The van der Waals surface area contributed by atoms with Crippen LogP contribution in [0.3, 0.4) is 0 Å². The van der Waals surface area contributed by atoms with Gasteiger partial charge in [-0.2, -0.15) is 5.10 Å². The zero-order chi connectivity index (χ0) is 13.2. The molecule has 19 heavy (non-hydrogen) atoms. The Hall–Kier alpha value is -1.88. The van der Waals surface area contributed by atoms with Crippen molar-refractivity contribution in [2.45, 2.75) is 0 Å². The molecule has 0 saturated carbocycles. The van der Waals surface area contributed by atoms with Gasteiger partial charge in [0.25, 0.3) is 0 Å². The SMILES string of the molecule is Cn1nccc1-c1ccc(F)c(N2CCNCC2)c1. The van der Waals surface area contributed by atoms with Crippen LogP contribution < -0.4 is 10.2 Å². The average Bonchev–Trinajstić information content (AvgIpc) is 2.87. The highest BCUT2D eigenvalue weighted by atomic mass is 19.1. The quantitative estimate of drug-likeness (QED) is 0.891. The maximum absolute atomic E-state index is 14.0. The van der Waals surface area contributed by atoms with E-state index >= 15 is 0 Å².